The van der Waals surface area contributed by atoms with Crippen molar-refractivity contribution in [2.75, 3.05) is 20.1 Å². The quantitative estimate of drug-likeness (QED) is 0.927. The van der Waals surface area contributed by atoms with Gasteiger partial charge >= 0.3 is 0 Å². The van der Waals surface area contributed by atoms with Crippen LogP contribution in [0.4, 0.5) is 0 Å². The summed E-state index contributed by atoms with van der Waals surface area (Å²) in [6.45, 7) is 1.60. The first-order chi connectivity index (χ1) is 11.6. The first-order valence-corrected chi connectivity index (χ1v) is 8.66. The van der Waals surface area contributed by atoms with Gasteiger partial charge in [-0.3, -0.25) is 9.48 Å². The summed E-state index contributed by atoms with van der Waals surface area (Å²) in [5.41, 5.74) is 3.93. The summed E-state index contributed by atoms with van der Waals surface area (Å²) in [6, 6.07) is 8.82. The molecule has 2 atom stereocenters. The van der Waals surface area contributed by atoms with Crippen molar-refractivity contribution in [3.63, 3.8) is 0 Å². The van der Waals surface area contributed by atoms with Crippen LogP contribution >= 0.6 is 0 Å². The Hall–Kier alpha value is -2.14. The highest BCUT2D eigenvalue weighted by Crippen LogP contribution is 2.31. The SMILES string of the molecule is CN(C(=O)[C@H]1CNC[C@@H]1c1cnn(C)c1)C1Cc2ccccc2C1. The van der Waals surface area contributed by atoms with Gasteiger partial charge in [-0.25, -0.2) is 0 Å². The van der Waals surface area contributed by atoms with Crippen LogP contribution in [0, 0.1) is 5.92 Å². The number of rotatable bonds is 3. The largest absolute Gasteiger partial charge is 0.342 e. The van der Waals surface area contributed by atoms with Crippen LogP contribution in [0.15, 0.2) is 36.7 Å². The molecule has 0 saturated carbocycles. The van der Waals surface area contributed by atoms with Crippen molar-refractivity contribution >= 4 is 5.91 Å². The molecule has 4 rings (SSSR count). The summed E-state index contributed by atoms with van der Waals surface area (Å²) in [7, 11) is 3.89. The molecule has 1 aliphatic heterocycles. The van der Waals surface area contributed by atoms with E-state index in [9.17, 15) is 4.79 Å². The van der Waals surface area contributed by atoms with Crippen LogP contribution < -0.4 is 5.32 Å². The lowest BCUT2D eigenvalue weighted by atomic mass is 9.89. The van der Waals surface area contributed by atoms with Gasteiger partial charge in [-0.05, 0) is 29.5 Å². The summed E-state index contributed by atoms with van der Waals surface area (Å²) in [5.74, 6) is 0.479. The van der Waals surface area contributed by atoms with Crippen LogP contribution in [0.1, 0.15) is 22.6 Å². The predicted molar refractivity (Wildman–Crippen MR) is 92.7 cm³/mol. The maximum atomic E-state index is 13.1. The average molecular weight is 324 g/mol. The lowest BCUT2D eigenvalue weighted by Gasteiger charge is -2.29. The van der Waals surface area contributed by atoms with Gasteiger partial charge in [-0.2, -0.15) is 5.10 Å². The number of likely N-dealkylation sites (N-methyl/N-ethyl adjacent to an activating group) is 1. The van der Waals surface area contributed by atoms with E-state index in [-0.39, 0.29) is 23.8 Å². The van der Waals surface area contributed by atoms with Gasteiger partial charge < -0.3 is 10.2 Å². The number of hydrogen-bond acceptors (Lipinski definition) is 3. The third-order valence-electron chi connectivity index (χ3n) is 5.61. The molecule has 1 fully saturated rings. The van der Waals surface area contributed by atoms with Gasteiger partial charge in [0.2, 0.25) is 5.91 Å². The number of hydrogen-bond donors (Lipinski definition) is 1. The second-order valence-corrected chi connectivity index (χ2v) is 7.10. The zero-order chi connectivity index (χ0) is 16.7. The van der Waals surface area contributed by atoms with Crippen molar-refractivity contribution in [2.24, 2.45) is 13.0 Å². The normalized spacial score (nSPS) is 23.4. The van der Waals surface area contributed by atoms with Crippen molar-refractivity contribution in [3.8, 4) is 0 Å². The molecule has 126 valence electrons. The molecule has 5 nitrogen and oxygen atoms in total. The molecule has 1 aliphatic carbocycles. The highest BCUT2D eigenvalue weighted by Gasteiger charge is 2.38. The highest BCUT2D eigenvalue weighted by molar-refractivity contribution is 5.81. The Morgan fingerprint density at radius 1 is 1.25 bits per heavy atom. The van der Waals surface area contributed by atoms with Crippen LogP contribution in [0.25, 0.3) is 0 Å². The number of carbonyl (C=O) groups excluding carboxylic acids is 1. The average Bonchev–Trinajstić information content (AvgIpc) is 3.31. The Labute approximate surface area is 142 Å². The number of fused-ring (bicyclic) bond motifs is 1. The molecule has 2 aliphatic rings. The van der Waals surface area contributed by atoms with Gasteiger partial charge in [-0.1, -0.05) is 24.3 Å². The second kappa shape index (κ2) is 6.06. The van der Waals surface area contributed by atoms with Gasteiger partial charge in [0.15, 0.2) is 0 Å². The highest BCUT2D eigenvalue weighted by atomic mass is 16.2. The maximum Gasteiger partial charge on any atom is 0.227 e. The molecule has 1 N–H and O–H groups in total. The Balaban J connectivity index is 1.49. The van der Waals surface area contributed by atoms with Gasteiger partial charge in [0.25, 0.3) is 0 Å². The molecule has 0 spiro atoms. The Morgan fingerprint density at radius 3 is 2.58 bits per heavy atom. The third kappa shape index (κ3) is 2.63. The molecular formula is C19H24N4O. The van der Waals surface area contributed by atoms with E-state index in [4.69, 9.17) is 0 Å². The maximum absolute atomic E-state index is 13.1. The van der Waals surface area contributed by atoms with E-state index in [1.165, 1.54) is 11.1 Å². The Bertz CT molecular complexity index is 728. The van der Waals surface area contributed by atoms with E-state index in [1.807, 2.05) is 36.1 Å². The van der Waals surface area contributed by atoms with Crippen molar-refractivity contribution in [1.82, 2.24) is 20.0 Å². The fourth-order valence-electron chi connectivity index (χ4n) is 4.17. The zero-order valence-corrected chi connectivity index (χ0v) is 14.3. The van der Waals surface area contributed by atoms with Gasteiger partial charge in [-0.15, -0.1) is 0 Å². The van der Waals surface area contributed by atoms with E-state index >= 15 is 0 Å². The fraction of sp³-hybridized carbons (Fsp3) is 0.474. The molecule has 1 aromatic heterocycles. The standard InChI is InChI=1S/C19H24N4O/c1-22-12-15(9-21-22)17-10-20-11-18(17)19(24)23(2)16-7-13-5-3-4-6-14(13)8-16/h3-6,9,12,16-18,20H,7-8,10-11H2,1-2H3/t17-,18+/m1/s1. The minimum atomic E-state index is 0.00270. The monoisotopic (exact) mass is 324 g/mol. The summed E-state index contributed by atoms with van der Waals surface area (Å²) in [4.78, 5) is 15.1. The first kappa shape index (κ1) is 15.4. The van der Waals surface area contributed by atoms with Crippen LogP contribution in [0.2, 0.25) is 0 Å². The molecule has 2 aromatic rings. The summed E-state index contributed by atoms with van der Waals surface area (Å²) in [6.07, 6.45) is 5.86. The van der Waals surface area contributed by atoms with Crippen molar-refractivity contribution in [2.45, 2.75) is 24.8 Å². The van der Waals surface area contributed by atoms with E-state index in [0.29, 0.717) is 0 Å². The lowest BCUT2D eigenvalue weighted by molar-refractivity contribution is -0.136. The Morgan fingerprint density at radius 2 is 1.96 bits per heavy atom. The van der Waals surface area contributed by atoms with E-state index in [0.717, 1.165) is 31.5 Å². The molecule has 0 bridgehead atoms. The number of amides is 1. The van der Waals surface area contributed by atoms with Gasteiger partial charge in [0.1, 0.15) is 0 Å². The van der Waals surface area contributed by atoms with E-state index < -0.39 is 0 Å². The number of aromatic nitrogens is 2. The number of aryl methyl sites for hydroxylation is 1. The molecule has 24 heavy (non-hydrogen) atoms. The molecule has 0 radical (unpaired) electrons. The lowest BCUT2D eigenvalue weighted by Crippen LogP contribution is -2.43. The number of carbonyl (C=O) groups is 1. The fourth-order valence-corrected chi connectivity index (χ4v) is 4.17. The van der Waals surface area contributed by atoms with E-state index in [1.54, 1.807) is 0 Å². The minimum absolute atomic E-state index is 0.00270. The number of benzene rings is 1. The minimum Gasteiger partial charge on any atom is -0.342 e. The summed E-state index contributed by atoms with van der Waals surface area (Å²) in [5, 5.41) is 7.66. The van der Waals surface area contributed by atoms with Gasteiger partial charge in [0.05, 0.1) is 12.1 Å². The zero-order valence-electron chi connectivity index (χ0n) is 14.3. The molecule has 2 heterocycles. The number of nitrogens with zero attached hydrogens (tertiary/aromatic N) is 3. The van der Waals surface area contributed by atoms with Crippen molar-refractivity contribution in [1.29, 1.82) is 0 Å². The molecule has 5 heteroatoms. The molecular weight excluding hydrogens is 300 g/mol. The summed E-state index contributed by atoms with van der Waals surface area (Å²) < 4.78 is 1.81. The van der Waals surface area contributed by atoms with Crippen molar-refractivity contribution < 1.29 is 4.79 Å². The van der Waals surface area contributed by atoms with Crippen LogP contribution in [-0.2, 0) is 24.7 Å². The number of nitrogens with one attached hydrogen (secondary N) is 1. The van der Waals surface area contributed by atoms with Crippen molar-refractivity contribution in [3.05, 3.63) is 53.3 Å². The first-order valence-electron chi connectivity index (χ1n) is 8.66. The van der Waals surface area contributed by atoms with Crippen LogP contribution in [-0.4, -0.2) is 46.8 Å². The molecule has 1 aromatic carbocycles. The predicted octanol–water partition coefficient (Wildman–Crippen LogP) is 1.35. The molecule has 1 saturated heterocycles. The third-order valence-corrected chi connectivity index (χ3v) is 5.61. The smallest absolute Gasteiger partial charge is 0.227 e. The second-order valence-electron chi connectivity index (χ2n) is 7.10. The molecule has 1 amide bonds. The topological polar surface area (TPSA) is 50.2 Å². The van der Waals surface area contributed by atoms with Crippen LogP contribution in [0.5, 0.6) is 0 Å². The summed E-state index contributed by atoms with van der Waals surface area (Å²) >= 11 is 0. The van der Waals surface area contributed by atoms with Crippen LogP contribution in [0.3, 0.4) is 0 Å². The van der Waals surface area contributed by atoms with Gasteiger partial charge in [0, 0.05) is 45.3 Å². The van der Waals surface area contributed by atoms with E-state index in [2.05, 4.69) is 34.7 Å². The Kier molecular flexibility index (Phi) is 3.88. The molecule has 0 unspecified atom stereocenters.